The summed E-state index contributed by atoms with van der Waals surface area (Å²) in [7, 11) is 1.55. The Morgan fingerprint density at radius 2 is 2.33 bits per heavy atom. The number of hydrogen-bond donors (Lipinski definition) is 1. The molecule has 1 amide bonds. The van der Waals surface area contributed by atoms with Crippen molar-refractivity contribution in [2.75, 3.05) is 5.32 Å². The Labute approximate surface area is 86.2 Å². The molecule has 0 unspecified atom stereocenters. The van der Waals surface area contributed by atoms with Crippen LogP contribution in [-0.2, 0) is 18.3 Å². The molecule has 0 radical (unpaired) electrons. The van der Waals surface area contributed by atoms with Crippen LogP contribution in [0.15, 0.2) is 0 Å². The average Bonchev–Trinajstić information content (AvgIpc) is 2.44. The SMILES string of the molecule is CCCc1nn(C)c(NC=O)c1[N+](=O)[O-]. The van der Waals surface area contributed by atoms with Gasteiger partial charge < -0.3 is 5.32 Å². The highest BCUT2D eigenvalue weighted by Crippen LogP contribution is 2.28. The lowest BCUT2D eigenvalue weighted by Gasteiger charge is -1.96. The Kier molecular flexibility index (Phi) is 3.37. The highest BCUT2D eigenvalue weighted by molar-refractivity contribution is 5.76. The van der Waals surface area contributed by atoms with E-state index >= 15 is 0 Å². The number of nitrogens with zero attached hydrogens (tertiary/aromatic N) is 3. The molecule has 0 saturated heterocycles. The van der Waals surface area contributed by atoms with E-state index in [1.807, 2.05) is 6.92 Å². The molecule has 0 aliphatic rings. The predicted molar refractivity (Wildman–Crippen MR) is 53.5 cm³/mol. The van der Waals surface area contributed by atoms with Gasteiger partial charge in [0.15, 0.2) is 0 Å². The van der Waals surface area contributed by atoms with Gasteiger partial charge in [-0.1, -0.05) is 13.3 Å². The summed E-state index contributed by atoms with van der Waals surface area (Å²) in [5, 5.41) is 17.1. The van der Waals surface area contributed by atoms with Gasteiger partial charge in [-0.2, -0.15) is 5.10 Å². The zero-order valence-corrected chi connectivity index (χ0v) is 8.56. The number of carbonyl (C=O) groups excluding carboxylic acids is 1. The van der Waals surface area contributed by atoms with Crippen molar-refractivity contribution < 1.29 is 9.72 Å². The summed E-state index contributed by atoms with van der Waals surface area (Å²) in [6.07, 6.45) is 1.68. The molecule has 7 heteroatoms. The first kappa shape index (κ1) is 11.2. The van der Waals surface area contributed by atoms with Crippen molar-refractivity contribution in [2.45, 2.75) is 19.8 Å². The topological polar surface area (TPSA) is 90.1 Å². The van der Waals surface area contributed by atoms with Gasteiger partial charge in [0.05, 0.1) is 4.92 Å². The fourth-order valence-corrected chi connectivity index (χ4v) is 1.38. The van der Waals surface area contributed by atoms with Crippen LogP contribution in [0.5, 0.6) is 0 Å². The summed E-state index contributed by atoms with van der Waals surface area (Å²) in [5.41, 5.74) is 0.279. The van der Waals surface area contributed by atoms with Gasteiger partial charge in [-0.25, -0.2) is 4.68 Å². The first-order valence-corrected chi connectivity index (χ1v) is 4.52. The van der Waals surface area contributed by atoms with E-state index in [1.165, 1.54) is 4.68 Å². The van der Waals surface area contributed by atoms with E-state index in [1.54, 1.807) is 7.05 Å². The maximum atomic E-state index is 10.8. The largest absolute Gasteiger partial charge is 0.334 e. The van der Waals surface area contributed by atoms with Crippen molar-refractivity contribution in [1.82, 2.24) is 9.78 Å². The van der Waals surface area contributed by atoms with E-state index in [4.69, 9.17) is 0 Å². The van der Waals surface area contributed by atoms with Crippen LogP contribution in [0, 0.1) is 10.1 Å². The molecular weight excluding hydrogens is 200 g/mol. The molecule has 0 aliphatic carbocycles. The summed E-state index contributed by atoms with van der Waals surface area (Å²) >= 11 is 0. The second kappa shape index (κ2) is 4.54. The summed E-state index contributed by atoms with van der Waals surface area (Å²) in [6, 6.07) is 0. The third kappa shape index (κ3) is 2.12. The lowest BCUT2D eigenvalue weighted by atomic mass is 10.2. The maximum absolute atomic E-state index is 10.8. The molecule has 1 N–H and O–H groups in total. The maximum Gasteiger partial charge on any atom is 0.334 e. The van der Waals surface area contributed by atoms with Crippen LogP contribution in [-0.4, -0.2) is 21.1 Å². The van der Waals surface area contributed by atoms with Crippen LogP contribution < -0.4 is 5.32 Å². The number of amides is 1. The second-order valence-electron chi connectivity index (χ2n) is 3.04. The summed E-state index contributed by atoms with van der Waals surface area (Å²) < 4.78 is 1.30. The van der Waals surface area contributed by atoms with Gasteiger partial charge in [0.1, 0.15) is 5.69 Å². The number of aryl methyl sites for hydroxylation is 2. The van der Waals surface area contributed by atoms with Crippen molar-refractivity contribution in [3.05, 3.63) is 15.8 Å². The molecule has 82 valence electrons. The van der Waals surface area contributed by atoms with Crippen molar-refractivity contribution in [3.8, 4) is 0 Å². The Morgan fingerprint density at radius 3 is 2.80 bits per heavy atom. The van der Waals surface area contributed by atoms with E-state index in [0.717, 1.165) is 6.42 Å². The minimum Gasteiger partial charge on any atom is -0.308 e. The van der Waals surface area contributed by atoms with Gasteiger partial charge in [-0.05, 0) is 6.42 Å². The molecule has 0 aromatic carbocycles. The molecule has 0 spiro atoms. The first-order valence-electron chi connectivity index (χ1n) is 4.52. The van der Waals surface area contributed by atoms with Gasteiger partial charge in [-0.3, -0.25) is 14.9 Å². The molecular formula is C8H12N4O3. The molecule has 0 saturated carbocycles. The number of rotatable bonds is 5. The van der Waals surface area contributed by atoms with Gasteiger partial charge in [0, 0.05) is 7.05 Å². The molecule has 0 aliphatic heterocycles. The Hall–Kier alpha value is -1.92. The van der Waals surface area contributed by atoms with Crippen molar-refractivity contribution in [1.29, 1.82) is 0 Å². The fraction of sp³-hybridized carbons (Fsp3) is 0.500. The Balaban J connectivity index is 3.23. The predicted octanol–water partition coefficient (Wildman–Crippen LogP) is 0.849. The van der Waals surface area contributed by atoms with Crippen molar-refractivity contribution in [2.24, 2.45) is 7.05 Å². The molecule has 0 atom stereocenters. The van der Waals surface area contributed by atoms with E-state index < -0.39 is 4.92 Å². The lowest BCUT2D eigenvalue weighted by molar-refractivity contribution is -0.384. The van der Waals surface area contributed by atoms with Gasteiger partial charge in [0.25, 0.3) is 0 Å². The van der Waals surface area contributed by atoms with E-state index in [-0.39, 0.29) is 11.5 Å². The van der Waals surface area contributed by atoms with E-state index in [0.29, 0.717) is 18.5 Å². The van der Waals surface area contributed by atoms with Gasteiger partial charge in [-0.15, -0.1) is 0 Å². The summed E-state index contributed by atoms with van der Waals surface area (Å²) in [5.74, 6) is 0.124. The number of hydrogen-bond acceptors (Lipinski definition) is 4. The third-order valence-corrected chi connectivity index (χ3v) is 1.96. The van der Waals surface area contributed by atoms with E-state index in [9.17, 15) is 14.9 Å². The monoisotopic (exact) mass is 212 g/mol. The average molecular weight is 212 g/mol. The standard InChI is InChI=1S/C8H12N4O3/c1-3-4-6-7(12(14)15)8(9-5-13)11(2)10-6/h5H,3-4H2,1-2H3,(H,9,13). The zero-order chi connectivity index (χ0) is 11.4. The van der Waals surface area contributed by atoms with Crippen LogP contribution in [0.25, 0.3) is 0 Å². The van der Waals surface area contributed by atoms with Crippen LogP contribution in [0.2, 0.25) is 0 Å². The van der Waals surface area contributed by atoms with Crippen LogP contribution in [0.3, 0.4) is 0 Å². The first-order chi connectivity index (χ1) is 7.11. The van der Waals surface area contributed by atoms with Crippen molar-refractivity contribution >= 4 is 17.9 Å². The third-order valence-electron chi connectivity index (χ3n) is 1.96. The molecule has 0 fully saturated rings. The Morgan fingerprint density at radius 1 is 1.67 bits per heavy atom. The second-order valence-corrected chi connectivity index (χ2v) is 3.04. The number of carbonyl (C=O) groups is 1. The molecule has 7 nitrogen and oxygen atoms in total. The lowest BCUT2D eigenvalue weighted by Crippen LogP contribution is -2.03. The van der Waals surface area contributed by atoms with Crippen LogP contribution >= 0.6 is 0 Å². The molecule has 0 bridgehead atoms. The van der Waals surface area contributed by atoms with Gasteiger partial charge in [0.2, 0.25) is 12.2 Å². The highest BCUT2D eigenvalue weighted by Gasteiger charge is 2.25. The Bertz CT molecular complexity index is 385. The smallest absolute Gasteiger partial charge is 0.308 e. The number of nitro groups is 1. The summed E-state index contributed by atoms with van der Waals surface area (Å²) in [4.78, 5) is 20.6. The molecule has 1 rings (SSSR count). The number of aromatic nitrogens is 2. The normalized spacial score (nSPS) is 10.0. The molecule has 15 heavy (non-hydrogen) atoms. The van der Waals surface area contributed by atoms with Crippen molar-refractivity contribution in [3.63, 3.8) is 0 Å². The fourth-order valence-electron chi connectivity index (χ4n) is 1.38. The zero-order valence-electron chi connectivity index (χ0n) is 8.56. The highest BCUT2D eigenvalue weighted by atomic mass is 16.6. The summed E-state index contributed by atoms with van der Waals surface area (Å²) in [6.45, 7) is 1.91. The number of anilines is 1. The molecule has 1 aromatic rings. The van der Waals surface area contributed by atoms with Gasteiger partial charge >= 0.3 is 5.69 Å². The quantitative estimate of drug-likeness (QED) is 0.445. The molecule has 1 heterocycles. The number of nitrogens with one attached hydrogen (secondary N) is 1. The van der Waals surface area contributed by atoms with Crippen LogP contribution in [0.4, 0.5) is 11.5 Å². The molecule has 1 aromatic heterocycles. The minimum absolute atomic E-state index is 0.119. The van der Waals surface area contributed by atoms with Crippen LogP contribution in [0.1, 0.15) is 19.0 Å². The minimum atomic E-state index is -0.524. The van der Waals surface area contributed by atoms with E-state index in [2.05, 4.69) is 10.4 Å².